The molecule has 4 aromatic heterocycles. The molecule has 5 aromatic carbocycles. The van der Waals surface area contributed by atoms with Crippen molar-refractivity contribution in [2.75, 3.05) is 0 Å². The third-order valence-corrected chi connectivity index (χ3v) is 9.13. The molecule has 0 fully saturated rings. The van der Waals surface area contributed by atoms with Crippen LogP contribution in [0.3, 0.4) is 0 Å². The van der Waals surface area contributed by atoms with Gasteiger partial charge in [0.25, 0.3) is 0 Å². The van der Waals surface area contributed by atoms with Crippen molar-refractivity contribution in [1.29, 1.82) is 5.26 Å². The van der Waals surface area contributed by atoms with E-state index in [1.807, 2.05) is 72.9 Å². The fourth-order valence-corrected chi connectivity index (χ4v) is 6.69. The van der Waals surface area contributed by atoms with Crippen molar-refractivity contribution in [3.05, 3.63) is 139 Å². The molecule has 9 rings (SSSR count). The van der Waals surface area contributed by atoms with Crippen molar-refractivity contribution in [3.63, 3.8) is 0 Å². The molecule has 4 heterocycles. The summed E-state index contributed by atoms with van der Waals surface area (Å²) < 4.78 is 15.4. The molecule has 0 atom stereocenters. The minimum absolute atomic E-state index is 0. The Morgan fingerprint density at radius 1 is 0.720 bits per heavy atom. The van der Waals surface area contributed by atoms with E-state index in [0.29, 0.717) is 28.2 Å². The Labute approximate surface area is 302 Å². The molecule has 242 valence electrons. The van der Waals surface area contributed by atoms with Gasteiger partial charge in [0.2, 0.25) is 0 Å². The molecule has 0 N–H and O–H groups in total. The molecule has 0 radical (unpaired) electrons. The molecule has 0 aliphatic carbocycles. The second kappa shape index (κ2) is 12.0. The number of hydrogen-bond acceptors (Lipinski definition) is 5. The van der Waals surface area contributed by atoms with Crippen LogP contribution in [-0.4, -0.2) is 14.5 Å². The van der Waals surface area contributed by atoms with Crippen molar-refractivity contribution in [3.8, 4) is 34.6 Å². The van der Waals surface area contributed by atoms with Gasteiger partial charge in [-0.3, -0.25) is 0 Å². The zero-order valence-electron chi connectivity index (χ0n) is 27.4. The number of ether oxygens (including phenoxy) is 1. The van der Waals surface area contributed by atoms with E-state index in [1.54, 1.807) is 6.20 Å². The van der Waals surface area contributed by atoms with Crippen LogP contribution in [0.2, 0.25) is 0 Å². The van der Waals surface area contributed by atoms with Crippen LogP contribution in [0.1, 0.15) is 31.9 Å². The van der Waals surface area contributed by atoms with Crippen LogP contribution in [-0.2, 0) is 26.5 Å². The Kier molecular flexibility index (Phi) is 7.55. The predicted octanol–water partition coefficient (Wildman–Crippen LogP) is 10.9. The van der Waals surface area contributed by atoms with E-state index in [9.17, 15) is 5.26 Å². The van der Waals surface area contributed by atoms with Crippen LogP contribution < -0.4 is 4.74 Å². The number of benzene rings is 5. The molecule has 0 saturated heterocycles. The first kappa shape index (κ1) is 31.5. The third-order valence-electron chi connectivity index (χ3n) is 9.13. The van der Waals surface area contributed by atoms with Crippen LogP contribution in [0.5, 0.6) is 11.5 Å². The van der Waals surface area contributed by atoms with E-state index in [1.165, 1.54) is 5.56 Å². The largest absolute Gasteiger partial charge is 2.00 e. The number of para-hydroxylation sites is 1. The van der Waals surface area contributed by atoms with Crippen LogP contribution in [0.4, 0.5) is 0 Å². The normalized spacial score (nSPS) is 11.7. The molecule has 50 heavy (non-hydrogen) atoms. The van der Waals surface area contributed by atoms with Gasteiger partial charge < -0.3 is 18.7 Å². The van der Waals surface area contributed by atoms with Gasteiger partial charge in [0.1, 0.15) is 11.4 Å². The fraction of sp³-hybridized carbons (Fsp3) is 0.0930. The monoisotopic (exact) mass is 827 g/mol. The minimum atomic E-state index is -0.0304. The zero-order chi connectivity index (χ0) is 33.3. The van der Waals surface area contributed by atoms with Crippen molar-refractivity contribution < 1.29 is 30.2 Å². The maximum absolute atomic E-state index is 9.44. The molecule has 6 nitrogen and oxygen atoms in total. The molecule has 7 heteroatoms. The summed E-state index contributed by atoms with van der Waals surface area (Å²) in [6.45, 7) is 6.62. The Balaban J connectivity index is 0.00000361. The summed E-state index contributed by atoms with van der Waals surface area (Å²) in [5, 5.41) is 15.3. The summed E-state index contributed by atoms with van der Waals surface area (Å²) in [7, 11) is 0. The average molecular weight is 828 g/mol. The number of hydrogen-bond donors (Lipinski definition) is 0. The molecule has 0 bridgehead atoms. The molecular weight excluding hydrogens is 800 g/mol. The first-order valence-electron chi connectivity index (χ1n) is 16.1. The second-order valence-corrected chi connectivity index (χ2v) is 13.3. The van der Waals surface area contributed by atoms with Gasteiger partial charge in [-0.2, -0.15) is 11.3 Å². The van der Waals surface area contributed by atoms with Crippen LogP contribution in [0, 0.1) is 23.5 Å². The smallest absolute Gasteiger partial charge is 0.503 e. The number of nitrogens with zero attached hydrogens (tertiary/aromatic N) is 4. The molecule has 0 aliphatic heterocycles. The van der Waals surface area contributed by atoms with Crippen molar-refractivity contribution in [2.24, 2.45) is 0 Å². The topological polar surface area (TPSA) is 76.9 Å². The van der Waals surface area contributed by atoms with E-state index in [-0.39, 0.29) is 26.5 Å². The summed E-state index contributed by atoms with van der Waals surface area (Å²) in [6, 6.07) is 43.3. The standard InChI is InChI=1S/C43H28N4O2.Pt/c1-43(2,3)28-17-19-46-40(21-28)47-38-10-5-4-8-32(38)33-16-13-29(24-39(33)47)48-30-22-35-34-15-12-27-20-26(25-44)11-14-31(27)41(34)49-42(35)36(23-30)37-9-6-7-18-45-37;/h4-22H,1-3H3;/q-2;+2. The molecule has 9 aromatic rings. The number of furan rings is 1. The van der Waals surface area contributed by atoms with Crippen molar-refractivity contribution in [2.45, 2.75) is 26.2 Å². The van der Waals surface area contributed by atoms with Crippen LogP contribution >= 0.6 is 0 Å². The van der Waals surface area contributed by atoms with E-state index in [2.05, 4.69) is 84.9 Å². The zero-order valence-corrected chi connectivity index (χ0v) is 29.7. The van der Waals surface area contributed by atoms with Gasteiger partial charge in [0, 0.05) is 40.2 Å². The summed E-state index contributed by atoms with van der Waals surface area (Å²) >= 11 is 0. The number of fused-ring (bicyclic) bond motifs is 8. The number of aromatic nitrogens is 3. The molecule has 0 unspecified atom stereocenters. The average Bonchev–Trinajstić information content (AvgIpc) is 3.67. The molecule has 0 spiro atoms. The summed E-state index contributed by atoms with van der Waals surface area (Å²) in [5.74, 6) is 1.90. The number of pyridine rings is 2. The van der Waals surface area contributed by atoms with Crippen molar-refractivity contribution in [1.82, 2.24) is 14.5 Å². The Morgan fingerprint density at radius 2 is 1.54 bits per heavy atom. The quantitative estimate of drug-likeness (QED) is 0.165. The van der Waals surface area contributed by atoms with Gasteiger partial charge in [0.15, 0.2) is 0 Å². The fourth-order valence-electron chi connectivity index (χ4n) is 6.69. The van der Waals surface area contributed by atoms with Crippen LogP contribution in [0.15, 0.2) is 120 Å². The first-order chi connectivity index (χ1) is 23.9. The van der Waals surface area contributed by atoms with Gasteiger partial charge in [-0.1, -0.05) is 91.8 Å². The molecule has 0 aliphatic rings. The van der Waals surface area contributed by atoms with E-state index in [4.69, 9.17) is 14.1 Å². The second-order valence-electron chi connectivity index (χ2n) is 13.3. The first-order valence-corrected chi connectivity index (χ1v) is 16.1. The molecule has 0 saturated carbocycles. The van der Waals surface area contributed by atoms with Gasteiger partial charge >= 0.3 is 21.1 Å². The SMILES string of the molecule is CC(C)(C)c1ccnc(-n2c3[c-]c(Oc4[c-]c(-c5ccccn5)c5oc6c7ccc(C#N)cc7ccc6c5c4)ccc3c3ccccc32)c1.[Pt+2]. The Bertz CT molecular complexity index is 2800. The van der Waals surface area contributed by atoms with E-state index >= 15 is 0 Å². The molecule has 0 amide bonds. The number of nitriles is 1. The van der Waals surface area contributed by atoms with Gasteiger partial charge in [-0.05, 0) is 69.9 Å². The summed E-state index contributed by atoms with van der Waals surface area (Å²) in [4.78, 5) is 9.44. The van der Waals surface area contributed by atoms with Crippen molar-refractivity contribution >= 4 is 54.5 Å². The van der Waals surface area contributed by atoms with Gasteiger partial charge in [-0.15, -0.1) is 17.5 Å². The minimum Gasteiger partial charge on any atom is -0.503 e. The summed E-state index contributed by atoms with van der Waals surface area (Å²) in [5.41, 5.74) is 6.52. The number of rotatable bonds is 4. The van der Waals surface area contributed by atoms with Gasteiger partial charge in [0.05, 0.1) is 17.2 Å². The summed E-state index contributed by atoms with van der Waals surface area (Å²) in [6.07, 6.45) is 3.63. The molecular formula is C43H28N4O2Pt. The maximum atomic E-state index is 9.44. The van der Waals surface area contributed by atoms with E-state index in [0.717, 1.165) is 60.4 Å². The third kappa shape index (κ3) is 5.14. The van der Waals surface area contributed by atoms with E-state index < -0.39 is 0 Å². The van der Waals surface area contributed by atoms with Gasteiger partial charge in [-0.25, -0.2) is 4.98 Å². The maximum Gasteiger partial charge on any atom is 2.00 e. The Morgan fingerprint density at radius 3 is 2.36 bits per heavy atom. The van der Waals surface area contributed by atoms with Crippen LogP contribution in [0.25, 0.3) is 71.6 Å². The Hall–Kier alpha value is -5.76. The predicted molar refractivity (Wildman–Crippen MR) is 194 cm³/mol.